The Kier molecular flexibility index (Phi) is 4.65. The molecule has 0 atom stereocenters. The summed E-state index contributed by atoms with van der Waals surface area (Å²) in [4.78, 5) is 16.0. The lowest BCUT2D eigenvalue weighted by molar-refractivity contribution is -0.384. The fraction of sp³-hybridized carbons (Fsp3) is 0.214. The molecular weight excluding hydrogens is 277 g/mol. The highest BCUT2D eigenvalue weighted by Crippen LogP contribution is 2.23. The number of hydrogen-bond donors (Lipinski definition) is 0. The second kappa shape index (κ2) is 6.65. The van der Waals surface area contributed by atoms with Gasteiger partial charge in [0.2, 0.25) is 5.82 Å². The van der Waals surface area contributed by atoms with Crippen molar-refractivity contribution in [2.24, 2.45) is 0 Å². The zero-order chi connectivity index (χ0) is 15.2. The third-order valence-corrected chi connectivity index (χ3v) is 2.85. The Morgan fingerprint density at radius 3 is 2.81 bits per heavy atom. The highest BCUT2D eigenvalue weighted by atomic mass is 19.1. The normalized spacial score (nSPS) is 10.2. The van der Waals surface area contributed by atoms with Crippen molar-refractivity contribution < 1.29 is 14.1 Å². The first-order valence-electron chi connectivity index (χ1n) is 6.27. The van der Waals surface area contributed by atoms with Crippen molar-refractivity contribution in [1.29, 1.82) is 0 Å². The van der Waals surface area contributed by atoms with Crippen LogP contribution < -0.4 is 9.64 Å². The molecule has 0 aliphatic rings. The number of rotatable bonds is 6. The van der Waals surface area contributed by atoms with Crippen LogP contribution in [0.4, 0.5) is 15.9 Å². The molecule has 0 bridgehead atoms. The number of nitrogens with zero attached hydrogens (tertiary/aromatic N) is 3. The van der Waals surface area contributed by atoms with Gasteiger partial charge in [-0.15, -0.1) is 0 Å². The Morgan fingerprint density at radius 1 is 1.33 bits per heavy atom. The molecule has 1 aromatic heterocycles. The van der Waals surface area contributed by atoms with Gasteiger partial charge >= 0.3 is 5.69 Å². The van der Waals surface area contributed by atoms with Crippen LogP contribution in [0.1, 0.15) is 0 Å². The molecule has 6 nitrogen and oxygen atoms in total. The molecule has 0 saturated carbocycles. The van der Waals surface area contributed by atoms with Gasteiger partial charge in [0, 0.05) is 19.3 Å². The van der Waals surface area contributed by atoms with Crippen molar-refractivity contribution in [3.8, 4) is 5.75 Å². The molecule has 0 saturated heterocycles. The molecule has 1 heterocycles. The summed E-state index contributed by atoms with van der Waals surface area (Å²) in [5.74, 6) is -0.0370. The summed E-state index contributed by atoms with van der Waals surface area (Å²) in [5, 5.41) is 10.9. The molecule has 0 unspecified atom stereocenters. The molecule has 0 aliphatic heterocycles. The fourth-order valence-corrected chi connectivity index (χ4v) is 1.79. The lowest BCUT2D eigenvalue weighted by Gasteiger charge is -2.18. The third kappa shape index (κ3) is 3.65. The maximum Gasteiger partial charge on any atom is 0.311 e. The summed E-state index contributed by atoms with van der Waals surface area (Å²) >= 11 is 0. The van der Waals surface area contributed by atoms with Crippen LogP contribution in [0.15, 0.2) is 42.6 Å². The summed E-state index contributed by atoms with van der Waals surface area (Å²) in [6.07, 6.45) is 1.48. The number of ether oxygens (including phenoxy) is 1. The lowest BCUT2D eigenvalue weighted by atomic mass is 10.3. The Labute approximate surface area is 120 Å². The standard InChI is InChI=1S/C14H14FN3O3/c1-17(14-12(18(19)20)6-4-8-16-14)9-10-21-13-7-3-2-5-11(13)15/h2-8H,9-10H2,1H3. The Bertz CT molecular complexity index is 636. The number of para-hydroxylation sites is 1. The van der Waals surface area contributed by atoms with Crippen LogP contribution in [0.3, 0.4) is 0 Å². The van der Waals surface area contributed by atoms with E-state index in [2.05, 4.69) is 4.98 Å². The van der Waals surface area contributed by atoms with E-state index in [1.54, 1.807) is 24.1 Å². The van der Waals surface area contributed by atoms with E-state index in [9.17, 15) is 14.5 Å². The van der Waals surface area contributed by atoms with Crippen molar-refractivity contribution in [3.63, 3.8) is 0 Å². The van der Waals surface area contributed by atoms with Crippen molar-refractivity contribution in [3.05, 3.63) is 58.5 Å². The number of benzene rings is 1. The molecule has 0 aliphatic carbocycles. The average Bonchev–Trinajstić information content (AvgIpc) is 2.49. The first-order chi connectivity index (χ1) is 10.1. The van der Waals surface area contributed by atoms with Crippen molar-refractivity contribution >= 4 is 11.5 Å². The van der Waals surface area contributed by atoms with Crippen LogP contribution in [0.25, 0.3) is 0 Å². The predicted molar refractivity (Wildman–Crippen MR) is 76.1 cm³/mol. The van der Waals surface area contributed by atoms with Crippen LogP contribution >= 0.6 is 0 Å². The third-order valence-electron chi connectivity index (χ3n) is 2.85. The molecule has 0 N–H and O–H groups in total. The molecule has 7 heteroatoms. The average molecular weight is 291 g/mol. The summed E-state index contributed by atoms with van der Waals surface area (Å²) < 4.78 is 18.7. The van der Waals surface area contributed by atoms with Crippen LogP contribution in [0.2, 0.25) is 0 Å². The Morgan fingerprint density at radius 2 is 2.10 bits per heavy atom. The van der Waals surface area contributed by atoms with Gasteiger partial charge in [0.05, 0.1) is 11.5 Å². The molecule has 0 spiro atoms. The molecule has 110 valence electrons. The zero-order valence-corrected chi connectivity index (χ0v) is 11.4. The highest BCUT2D eigenvalue weighted by Gasteiger charge is 2.17. The predicted octanol–water partition coefficient (Wildman–Crippen LogP) is 2.64. The topological polar surface area (TPSA) is 68.5 Å². The number of pyridine rings is 1. The van der Waals surface area contributed by atoms with E-state index in [0.717, 1.165) is 0 Å². The number of anilines is 1. The van der Waals surface area contributed by atoms with E-state index in [1.807, 2.05) is 0 Å². The van der Waals surface area contributed by atoms with Crippen LogP contribution in [-0.4, -0.2) is 30.1 Å². The minimum atomic E-state index is -0.490. The molecule has 1 aromatic carbocycles. The molecule has 0 fully saturated rings. The number of aromatic nitrogens is 1. The Balaban J connectivity index is 1.98. The second-order valence-corrected chi connectivity index (χ2v) is 4.30. The largest absolute Gasteiger partial charge is 0.489 e. The zero-order valence-electron chi connectivity index (χ0n) is 11.4. The quantitative estimate of drug-likeness (QED) is 0.604. The monoisotopic (exact) mass is 291 g/mol. The van der Waals surface area contributed by atoms with Gasteiger partial charge in [-0.2, -0.15) is 0 Å². The Hall–Kier alpha value is -2.70. The lowest BCUT2D eigenvalue weighted by Crippen LogP contribution is -2.25. The van der Waals surface area contributed by atoms with Crippen LogP contribution in [0, 0.1) is 15.9 Å². The minimum absolute atomic E-state index is 0.0779. The van der Waals surface area contributed by atoms with Gasteiger partial charge in [-0.1, -0.05) is 12.1 Å². The molecule has 0 radical (unpaired) electrons. The highest BCUT2D eigenvalue weighted by molar-refractivity contribution is 5.56. The number of hydrogen-bond acceptors (Lipinski definition) is 5. The molecule has 21 heavy (non-hydrogen) atoms. The van der Waals surface area contributed by atoms with Crippen molar-refractivity contribution in [2.75, 3.05) is 25.1 Å². The summed E-state index contributed by atoms with van der Waals surface area (Å²) in [6.45, 7) is 0.525. The van der Waals surface area contributed by atoms with E-state index in [-0.39, 0.29) is 23.9 Å². The van der Waals surface area contributed by atoms with Gasteiger partial charge in [0.1, 0.15) is 6.61 Å². The summed E-state index contributed by atoms with van der Waals surface area (Å²) in [5.41, 5.74) is -0.0779. The molecule has 0 amide bonds. The van der Waals surface area contributed by atoms with Gasteiger partial charge in [-0.3, -0.25) is 10.1 Å². The van der Waals surface area contributed by atoms with Gasteiger partial charge < -0.3 is 9.64 Å². The minimum Gasteiger partial charge on any atom is -0.489 e. The van der Waals surface area contributed by atoms with E-state index in [1.165, 1.54) is 30.5 Å². The van der Waals surface area contributed by atoms with Gasteiger partial charge in [-0.05, 0) is 18.2 Å². The second-order valence-electron chi connectivity index (χ2n) is 4.30. The molecular formula is C14H14FN3O3. The number of likely N-dealkylation sites (N-methyl/N-ethyl adjacent to an activating group) is 1. The maximum atomic E-state index is 13.4. The van der Waals surface area contributed by atoms with Gasteiger partial charge in [0.15, 0.2) is 11.6 Å². The SMILES string of the molecule is CN(CCOc1ccccc1F)c1ncccc1[N+](=O)[O-]. The first kappa shape index (κ1) is 14.7. The first-order valence-corrected chi connectivity index (χ1v) is 6.27. The molecule has 2 rings (SSSR count). The van der Waals surface area contributed by atoms with Crippen LogP contribution in [-0.2, 0) is 0 Å². The van der Waals surface area contributed by atoms with Crippen molar-refractivity contribution in [2.45, 2.75) is 0 Å². The maximum absolute atomic E-state index is 13.4. The van der Waals surface area contributed by atoms with E-state index < -0.39 is 10.7 Å². The van der Waals surface area contributed by atoms with Gasteiger partial charge in [-0.25, -0.2) is 9.37 Å². The fourth-order valence-electron chi connectivity index (χ4n) is 1.79. The number of halogens is 1. The van der Waals surface area contributed by atoms with E-state index >= 15 is 0 Å². The van der Waals surface area contributed by atoms with E-state index in [0.29, 0.717) is 6.54 Å². The number of nitro groups is 1. The van der Waals surface area contributed by atoms with E-state index in [4.69, 9.17) is 4.74 Å². The summed E-state index contributed by atoms with van der Waals surface area (Å²) in [7, 11) is 1.67. The van der Waals surface area contributed by atoms with Crippen molar-refractivity contribution in [1.82, 2.24) is 4.98 Å². The summed E-state index contributed by atoms with van der Waals surface area (Å²) in [6, 6.07) is 8.97. The van der Waals surface area contributed by atoms with Gasteiger partial charge in [0.25, 0.3) is 0 Å². The van der Waals surface area contributed by atoms with Crippen LogP contribution in [0.5, 0.6) is 5.75 Å². The smallest absolute Gasteiger partial charge is 0.311 e. The molecule has 2 aromatic rings.